The van der Waals surface area contributed by atoms with Gasteiger partial charge in [-0.2, -0.15) is 0 Å². The Balaban J connectivity index is 1.99. The van der Waals surface area contributed by atoms with Crippen LogP contribution in [0.25, 0.3) is 11.0 Å². The van der Waals surface area contributed by atoms with Crippen LogP contribution >= 0.6 is 0 Å². The number of hydrogen-bond donors (Lipinski definition) is 0. The lowest BCUT2D eigenvalue weighted by atomic mass is 10.1. The van der Waals surface area contributed by atoms with Crippen molar-refractivity contribution in [1.29, 1.82) is 0 Å². The summed E-state index contributed by atoms with van der Waals surface area (Å²) in [7, 11) is 0. The molecule has 0 atom stereocenters. The van der Waals surface area contributed by atoms with E-state index in [9.17, 15) is 5.21 Å². The molecule has 1 aromatic carbocycles. The summed E-state index contributed by atoms with van der Waals surface area (Å²) in [5, 5.41) is 11.6. The van der Waals surface area contributed by atoms with Gasteiger partial charge >= 0.3 is 0 Å². The van der Waals surface area contributed by atoms with Crippen LogP contribution in [0.4, 0.5) is 0 Å². The molecule has 0 saturated heterocycles. The normalized spacial score (nSPS) is 11.1. The van der Waals surface area contributed by atoms with E-state index in [1.54, 1.807) is 6.33 Å². The van der Waals surface area contributed by atoms with Crippen LogP contribution in [0.1, 0.15) is 39.0 Å². The van der Waals surface area contributed by atoms with Crippen LogP contribution in [-0.4, -0.2) is 4.57 Å². The van der Waals surface area contributed by atoms with Crippen molar-refractivity contribution >= 4 is 11.0 Å². The van der Waals surface area contributed by atoms with Gasteiger partial charge < -0.3 is 5.21 Å². The molecule has 0 unspecified atom stereocenters. The van der Waals surface area contributed by atoms with Crippen LogP contribution in [0.2, 0.25) is 0 Å². The molecule has 0 aliphatic rings. The summed E-state index contributed by atoms with van der Waals surface area (Å²) in [6.45, 7) is 3.17. The van der Waals surface area contributed by atoms with Gasteiger partial charge in [0.1, 0.15) is 0 Å². The molecule has 0 bridgehead atoms. The van der Waals surface area contributed by atoms with Gasteiger partial charge in [-0.3, -0.25) is 0 Å². The van der Waals surface area contributed by atoms with E-state index in [1.807, 2.05) is 24.3 Å². The van der Waals surface area contributed by atoms with Crippen LogP contribution in [0.5, 0.6) is 0 Å². The average Bonchev–Trinajstić information content (AvgIpc) is 2.67. The van der Waals surface area contributed by atoms with Gasteiger partial charge in [0, 0.05) is 0 Å². The number of nitrogens with zero attached hydrogens (tertiary/aromatic N) is 2. The first kappa shape index (κ1) is 12.0. The first-order valence-corrected chi connectivity index (χ1v) is 6.50. The van der Waals surface area contributed by atoms with Crippen LogP contribution in [-0.2, 0) is 6.54 Å². The fraction of sp³-hybridized carbons (Fsp3) is 0.500. The molecular formula is C14H20N2O. The van der Waals surface area contributed by atoms with Gasteiger partial charge in [0.25, 0.3) is 0 Å². The third kappa shape index (κ3) is 2.78. The third-order valence-electron chi connectivity index (χ3n) is 3.18. The monoisotopic (exact) mass is 232 g/mol. The summed E-state index contributed by atoms with van der Waals surface area (Å²) in [5.41, 5.74) is 1.80. The second-order valence-corrected chi connectivity index (χ2v) is 4.54. The van der Waals surface area contributed by atoms with Crippen LogP contribution in [0, 0.1) is 5.21 Å². The molecule has 92 valence electrons. The molecule has 0 spiro atoms. The summed E-state index contributed by atoms with van der Waals surface area (Å²) in [4.78, 5) is 0. The van der Waals surface area contributed by atoms with E-state index >= 15 is 0 Å². The highest BCUT2D eigenvalue weighted by Crippen LogP contribution is 2.12. The largest absolute Gasteiger partial charge is 0.710 e. The fourth-order valence-electron chi connectivity index (χ4n) is 2.21. The Kier molecular flexibility index (Phi) is 4.02. The van der Waals surface area contributed by atoms with E-state index in [0.717, 1.165) is 28.7 Å². The minimum Gasteiger partial charge on any atom is -0.710 e. The highest BCUT2D eigenvalue weighted by atomic mass is 16.5. The first-order chi connectivity index (χ1) is 8.33. The zero-order valence-corrected chi connectivity index (χ0v) is 10.4. The number of rotatable bonds is 6. The van der Waals surface area contributed by atoms with Gasteiger partial charge in [-0.15, -0.1) is 0 Å². The summed E-state index contributed by atoms with van der Waals surface area (Å²) in [5.74, 6) is 0. The van der Waals surface area contributed by atoms with Crippen molar-refractivity contribution in [2.45, 2.75) is 45.6 Å². The van der Waals surface area contributed by atoms with Crippen molar-refractivity contribution in [2.75, 3.05) is 0 Å². The van der Waals surface area contributed by atoms with Crippen molar-refractivity contribution in [1.82, 2.24) is 4.57 Å². The Hall–Kier alpha value is -1.51. The smallest absolute Gasteiger partial charge is 0.247 e. The molecule has 0 fully saturated rings. The molecule has 17 heavy (non-hydrogen) atoms. The van der Waals surface area contributed by atoms with E-state index in [1.165, 1.54) is 25.7 Å². The predicted octanol–water partition coefficient (Wildman–Crippen LogP) is 3.25. The highest BCUT2D eigenvalue weighted by Gasteiger charge is 2.09. The Morgan fingerprint density at radius 2 is 1.88 bits per heavy atom. The van der Waals surface area contributed by atoms with E-state index < -0.39 is 0 Å². The first-order valence-electron chi connectivity index (χ1n) is 6.50. The lowest BCUT2D eigenvalue weighted by Crippen LogP contribution is -2.23. The molecule has 0 aliphatic carbocycles. The summed E-state index contributed by atoms with van der Waals surface area (Å²) in [6, 6.07) is 7.77. The highest BCUT2D eigenvalue weighted by molar-refractivity contribution is 5.71. The summed E-state index contributed by atoms with van der Waals surface area (Å²) < 4.78 is 3.02. The van der Waals surface area contributed by atoms with Crippen LogP contribution < -0.4 is 4.73 Å². The molecule has 0 aliphatic heterocycles. The summed E-state index contributed by atoms with van der Waals surface area (Å²) >= 11 is 0. The topological polar surface area (TPSA) is 31.9 Å². The maximum atomic E-state index is 11.6. The fourth-order valence-corrected chi connectivity index (χ4v) is 2.21. The van der Waals surface area contributed by atoms with Gasteiger partial charge in [0.15, 0.2) is 11.0 Å². The molecule has 0 amide bonds. The molecule has 3 heteroatoms. The zero-order valence-electron chi connectivity index (χ0n) is 10.4. The minimum atomic E-state index is 0.765. The molecule has 0 N–H and O–H groups in total. The standard InChI is InChI=1S/C14H20N2O/c1-2-3-4-5-8-11-15-12-16(17)14-10-7-6-9-13(14)15/h6-7,9-10,12H,2-5,8,11H2,1H3. The molecule has 0 saturated carbocycles. The van der Waals surface area contributed by atoms with Gasteiger partial charge in [0.2, 0.25) is 6.33 Å². The molecule has 2 rings (SSSR count). The van der Waals surface area contributed by atoms with Crippen molar-refractivity contribution < 1.29 is 4.73 Å². The zero-order chi connectivity index (χ0) is 12.1. The van der Waals surface area contributed by atoms with Crippen molar-refractivity contribution in [3.8, 4) is 0 Å². The number of para-hydroxylation sites is 2. The SMILES string of the molecule is CCCCCCCn1c[n+]([O-])c2ccccc21. The summed E-state index contributed by atoms with van der Waals surface area (Å²) in [6.07, 6.45) is 7.94. The lowest BCUT2D eigenvalue weighted by molar-refractivity contribution is -0.578. The minimum absolute atomic E-state index is 0.765. The molecule has 1 aromatic heterocycles. The predicted molar refractivity (Wildman–Crippen MR) is 69.7 cm³/mol. The Labute approximate surface area is 102 Å². The lowest BCUT2D eigenvalue weighted by Gasteiger charge is -1.98. The Morgan fingerprint density at radius 3 is 2.71 bits per heavy atom. The Morgan fingerprint density at radius 1 is 1.12 bits per heavy atom. The average molecular weight is 232 g/mol. The number of imidazole rings is 1. The number of unbranched alkanes of at least 4 members (excludes halogenated alkanes) is 4. The van der Waals surface area contributed by atoms with Crippen molar-refractivity contribution in [3.05, 3.63) is 35.8 Å². The molecule has 0 radical (unpaired) electrons. The van der Waals surface area contributed by atoms with E-state index in [4.69, 9.17) is 0 Å². The quantitative estimate of drug-likeness (QED) is 0.427. The number of aromatic nitrogens is 2. The van der Waals surface area contributed by atoms with E-state index in [2.05, 4.69) is 11.5 Å². The molecule has 3 nitrogen and oxygen atoms in total. The van der Waals surface area contributed by atoms with Crippen LogP contribution in [0.15, 0.2) is 30.6 Å². The van der Waals surface area contributed by atoms with Crippen molar-refractivity contribution in [2.24, 2.45) is 0 Å². The Bertz CT molecular complexity index is 476. The molecule has 2 aromatic rings. The maximum absolute atomic E-state index is 11.6. The molecule has 1 heterocycles. The van der Waals surface area contributed by atoms with E-state index in [-0.39, 0.29) is 0 Å². The second kappa shape index (κ2) is 5.71. The van der Waals surface area contributed by atoms with Gasteiger partial charge in [-0.25, -0.2) is 9.30 Å². The molecular weight excluding hydrogens is 212 g/mol. The number of benzene rings is 1. The van der Waals surface area contributed by atoms with Gasteiger partial charge in [-0.1, -0.05) is 38.3 Å². The number of hydrogen-bond acceptors (Lipinski definition) is 1. The maximum Gasteiger partial charge on any atom is 0.247 e. The van der Waals surface area contributed by atoms with Crippen LogP contribution in [0.3, 0.4) is 0 Å². The number of fused-ring (bicyclic) bond motifs is 1. The van der Waals surface area contributed by atoms with Gasteiger partial charge in [0.05, 0.1) is 6.54 Å². The van der Waals surface area contributed by atoms with Gasteiger partial charge in [-0.05, 0) is 25.0 Å². The third-order valence-corrected chi connectivity index (χ3v) is 3.18. The number of aryl methyl sites for hydroxylation is 1. The van der Waals surface area contributed by atoms with E-state index in [0.29, 0.717) is 0 Å². The van der Waals surface area contributed by atoms with Crippen molar-refractivity contribution in [3.63, 3.8) is 0 Å². The second-order valence-electron chi connectivity index (χ2n) is 4.54.